The SMILES string of the molecule is C=CCN1CCC(C)C(=O)c2ccccc21. The molecule has 1 aromatic carbocycles. The number of benzene rings is 1. The lowest BCUT2D eigenvalue weighted by atomic mass is 9.97. The van der Waals surface area contributed by atoms with E-state index in [1.807, 2.05) is 37.3 Å². The minimum Gasteiger partial charge on any atom is -0.367 e. The zero-order valence-corrected chi connectivity index (χ0v) is 9.65. The molecule has 0 N–H and O–H groups in total. The Kier molecular flexibility index (Phi) is 3.09. The molecule has 84 valence electrons. The number of rotatable bonds is 2. The largest absolute Gasteiger partial charge is 0.367 e. The van der Waals surface area contributed by atoms with Gasteiger partial charge >= 0.3 is 0 Å². The molecule has 0 aromatic heterocycles. The van der Waals surface area contributed by atoms with Crippen LogP contribution in [0.5, 0.6) is 0 Å². The first-order valence-corrected chi connectivity index (χ1v) is 5.73. The van der Waals surface area contributed by atoms with E-state index in [2.05, 4.69) is 11.5 Å². The summed E-state index contributed by atoms with van der Waals surface area (Å²) in [6, 6.07) is 7.86. The molecule has 2 heteroatoms. The fourth-order valence-electron chi connectivity index (χ4n) is 2.17. The summed E-state index contributed by atoms with van der Waals surface area (Å²) in [7, 11) is 0. The fourth-order valence-corrected chi connectivity index (χ4v) is 2.17. The van der Waals surface area contributed by atoms with Crippen molar-refractivity contribution in [3.63, 3.8) is 0 Å². The van der Waals surface area contributed by atoms with Gasteiger partial charge in [0.1, 0.15) is 0 Å². The number of hydrogen-bond acceptors (Lipinski definition) is 2. The Bertz CT molecular complexity index is 411. The topological polar surface area (TPSA) is 20.3 Å². The van der Waals surface area contributed by atoms with Crippen LogP contribution in [-0.4, -0.2) is 18.9 Å². The normalized spacial score (nSPS) is 20.2. The standard InChI is InChI=1S/C14H17NO/c1-3-9-15-10-8-11(2)14(16)12-6-4-5-7-13(12)15/h3-7,11H,1,8-10H2,2H3. The molecule has 2 rings (SSSR count). The smallest absolute Gasteiger partial charge is 0.167 e. The van der Waals surface area contributed by atoms with Gasteiger partial charge < -0.3 is 4.90 Å². The number of carbonyl (C=O) groups is 1. The van der Waals surface area contributed by atoms with Gasteiger partial charge in [-0.3, -0.25) is 4.79 Å². The Morgan fingerprint density at radius 3 is 3.00 bits per heavy atom. The van der Waals surface area contributed by atoms with Crippen LogP contribution in [0.4, 0.5) is 5.69 Å². The van der Waals surface area contributed by atoms with Crippen LogP contribution in [-0.2, 0) is 0 Å². The molecular weight excluding hydrogens is 198 g/mol. The van der Waals surface area contributed by atoms with Crippen molar-refractivity contribution in [1.29, 1.82) is 0 Å². The summed E-state index contributed by atoms with van der Waals surface area (Å²) in [6.45, 7) is 7.51. The Labute approximate surface area is 96.6 Å². The molecule has 0 aliphatic carbocycles. The zero-order valence-electron chi connectivity index (χ0n) is 9.65. The summed E-state index contributed by atoms with van der Waals surface area (Å²) < 4.78 is 0. The van der Waals surface area contributed by atoms with E-state index in [0.29, 0.717) is 0 Å². The highest BCUT2D eigenvalue weighted by atomic mass is 16.1. The minimum atomic E-state index is 0.121. The van der Waals surface area contributed by atoms with Crippen molar-refractivity contribution in [2.75, 3.05) is 18.0 Å². The van der Waals surface area contributed by atoms with E-state index >= 15 is 0 Å². The number of Topliss-reactive ketones (excluding diaryl/α,β-unsaturated/α-hetero) is 1. The van der Waals surface area contributed by atoms with Gasteiger partial charge in [-0.2, -0.15) is 0 Å². The van der Waals surface area contributed by atoms with Crippen LogP contribution in [0.25, 0.3) is 0 Å². The van der Waals surface area contributed by atoms with Crippen molar-refractivity contribution in [1.82, 2.24) is 0 Å². The van der Waals surface area contributed by atoms with E-state index in [1.165, 1.54) is 0 Å². The molecule has 0 fully saturated rings. The highest BCUT2D eigenvalue weighted by Gasteiger charge is 2.24. The molecule has 0 saturated carbocycles. The predicted octanol–water partition coefficient (Wildman–Crippen LogP) is 2.90. The second kappa shape index (κ2) is 4.52. The minimum absolute atomic E-state index is 0.121. The maximum absolute atomic E-state index is 12.1. The van der Waals surface area contributed by atoms with E-state index in [9.17, 15) is 4.79 Å². The lowest BCUT2D eigenvalue weighted by Crippen LogP contribution is -2.24. The predicted molar refractivity (Wildman–Crippen MR) is 67.0 cm³/mol. The molecule has 1 aromatic rings. The van der Waals surface area contributed by atoms with E-state index < -0.39 is 0 Å². The van der Waals surface area contributed by atoms with Crippen LogP contribution in [0.2, 0.25) is 0 Å². The molecular formula is C14H17NO. The van der Waals surface area contributed by atoms with Crippen molar-refractivity contribution in [2.24, 2.45) is 5.92 Å². The van der Waals surface area contributed by atoms with Crippen molar-refractivity contribution < 1.29 is 4.79 Å². The summed E-state index contributed by atoms with van der Waals surface area (Å²) in [6.07, 6.45) is 2.80. The molecule has 16 heavy (non-hydrogen) atoms. The summed E-state index contributed by atoms with van der Waals surface area (Å²) in [5, 5.41) is 0. The summed E-state index contributed by atoms with van der Waals surface area (Å²) in [5.41, 5.74) is 1.91. The molecule has 1 unspecified atom stereocenters. The quantitative estimate of drug-likeness (QED) is 0.707. The van der Waals surface area contributed by atoms with Gasteiger partial charge in [-0.05, 0) is 18.6 Å². The number of ketones is 1. The number of anilines is 1. The third kappa shape index (κ3) is 1.87. The first-order valence-electron chi connectivity index (χ1n) is 5.73. The molecule has 0 saturated heterocycles. The van der Waals surface area contributed by atoms with E-state index in [0.717, 1.165) is 30.8 Å². The number of carbonyl (C=O) groups excluding carboxylic acids is 1. The van der Waals surface area contributed by atoms with E-state index in [4.69, 9.17) is 0 Å². The van der Waals surface area contributed by atoms with Gasteiger partial charge in [0, 0.05) is 30.3 Å². The van der Waals surface area contributed by atoms with Crippen LogP contribution in [0.15, 0.2) is 36.9 Å². The number of nitrogens with zero attached hydrogens (tertiary/aromatic N) is 1. The van der Waals surface area contributed by atoms with Crippen LogP contribution in [0, 0.1) is 5.92 Å². The highest BCUT2D eigenvalue weighted by molar-refractivity contribution is 6.03. The second-order valence-corrected chi connectivity index (χ2v) is 4.31. The highest BCUT2D eigenvalue weighted by Crippen LogP contribution is 2.28. The van der Waals surface area contributed by atoms with Crippen molar-refractivity contribution in [2.45, 2.75) is 13.3 Å². The number of para-hydroxylation sites is 1. The molecule has 0 radical (unpaired) electrons. The van der Waals surface area contributed by atoms with Crippen LogP contribution in [0.3, 0.4) is 0 Å². The van der Waals surface area contributed by atoms with Gasteiger partial charge in [0.15, 0.2) is 5.78 Å². The van der Waals surface area contributed by atoms with Gasteiger partial charge in [0.25, 0.3) is 0 Å². The van der Waals surface area contributed by atoms with Crippen LogP contribution >= 0.6 is 0 Å². The monoisotopic (exact) mass is 215 g/mol. The molecule has 1 atom stereocenters. The van der Waals surface area contributed by atoms with Gasteiger partial charge in [0.2, 0.25) is 0 Å². The average molecular weight is 215 g/mol. The first kappa shape index (κ1) is 10.9. The van der Waals surface area contributed by atoms with Gasteiger partial charge in [0.05, 0.1) is 0 Å². The zero-order chi connectivity index (χ0) is 11.5. The Balaban J connectivity index is 2.45. The molecule has 1 aliphatic rings. The van der Waals surface area contributed by atoms with Crippen molar-refractivity contribution >= 4 is 11.5 Å². The third-order valence-electron chi connectivity index (χ3n) is 3.14. The van der Waals surface area contributed by atoms with Gasteiger partial charge in [-0.25, -0.2) is 0 Å². The molecule has 0 spiro atoms. The number of hydrogen-bond donors (Lipinski definition) is 0. The third-order valence-corrected chi connectivity index (χ3v) is 3.14. The molecule has 1 aliphatic heterocycles. The van der Waals surface area contributed by atoms with E-state index in [-0.39, 0.29) is 11.7 Å². The van der Waals surface area contributed by atoms with Gasteiger partial charge in [-0.15, -0.1) is 6.58 Å². The van der Waals surface area contributed by atoms with Crippen LogP contribution in [0.1, 0.15) is 23.7 Å². The Morgan fingerprint density at radius 2 is 2.25 bits per heavy atom. The molecule has 0 bridgehead atoms. The first-order chi connectivity index (χ1) is 7.74. The number of fused-ring (bicyclic) bond motifs is 1. The second-order valence-electron chi connectivity index (χ2n) is 4.31. The Morgan fingerprint density at radius 1 is 1.50 bits per heavy atom. The summed E-state index contributed by atoms with van der Waals surface area (Å²) in [4.78, 5) is 14.4. The lowest BCUT2D eigenvalue weighted by molar-refractivity contribution is 0.0929. The lowest BCUT2D eigenvalue weighted by Gasteiger charge is -2.22. The maximum Gasteiger partial charge on any atom is 0.167 e. The van der Waals surface area contributed by atoms with Gasteiger partial charge in [-0.1, -0.05) is 25.1 Å². The average Bonchev–Trinajstić information content (AvgIpc) is 2.43. The molecule has 1 heterocycles. The summed E-state index contributed by atoms with van der Waals surface area (Å²) in [5.74, 6) is 0.387. The fraction of sp³-hybridized carbons (Fsp3) is 0.357. The van der Waals surface area contributed by atoms with E-state index in [1.54, 1.807) is 0 Å². The molecule has 2 nitrogen and oxygen atoms in total. The van der Waals surface area contributed by atoms with Crippen LogP contribution < -0.4 is 4.90 Å². The summed E-state index contributed by atoms with van der Waals surface area (Å²) >= 11 is 0. The molecule has 0 amide bonds. The van der Waals surface area contributed by atoms with Crippen molar-refractivity contribution in [3.8, 4) is 0 Å². The Hall–Kier alpha value is -1.57. The maximum atomic E-state index is 12.1. The van der Waals surface area contributed by atoms with Crippen molar-refractivity contribution in [3.05, 3.63) is 42.5 Å².